The molecule has 3 aromatic rings. The van der Waals surface area contributed by atoms with Crippen molar-refractivity contribution < 1.29 is 17.9 Å². The summed E-state index contributed by atoms with van der Waals surface area (Å²) < 4.78 is 31.4. The largest absolute Gasteiger partial charge is 0.495 e. The van der Waals surface area contributed by atoms with Gasteiger partial charge in [-0.25, -0.2) is 8.42 Å². The number of nitrogens with one attached hydrogen (secondary N) is 2. The number of rotatable bonds is 9. The Morgan fingerprint density at radius 3 is 2.45 bits per heavy atom. The van der Waals surface area contributed by atoms with Gasteiger partial charge in [0.2, 0.25) is 5.95 Å². The van der Waals surface area contributed by atoms with Gasteiger partial charge in [0.1, 0.15) is 5.75 Å². The summed E-state index contributed by atoms with van der Waals surface area (Å²) in [5.41, 5.74) is 8.56. The van der Waals surface area contributed by atoms with Crippen molar-refractivity contribution in [3.63, 3.8) is 0 Å². The summed E-state index contributed by atoms with van der Waals surface area (Å²) in [4.78, 5) is 19.0. The Morgan fingerprint density at radius 1 is 1.05 bits per heavy atom. The van der Waals surface area contributed by atoms with Crippen molar-refractivity contribution in [3.8, 4) is 5.75 Å². The number of carbonyl (C=O) groups excluding carboxylic acids is 1. The number of nitrogens with two attached hydrogens (primary N) is 1. The number of anilines is 4. The van der Waals surface area contributed by atoms with Gasteiger partial charge >= 0.3 is 0 Å². The van der Waals surface area contributed by atoms with Crippen LogP contribution >= 0.6 is 0 Å². The molecule has 1 aliphatic heterocycles. The molecule has 0 aliphatic carbocycles. The zero-order chi connectivity index (χ0) is 27.6. The fraction of sp³-hybridized carbons (Fsp3) is 0.385. The quantitative estimate of drug-likeness (QED) is 0.369. The van der Waals surface area contributed by atoms with Crippen LogP contribution in [0.4, 0.5) is 23.1 Å². The summed E-state index contributed by atoms with van der Waals surface area (Å²) in [5, 5.41) is 13.4. The number of nitrogens with zero attached hydrogens (tertiary/aromatic N) is 4. The van der Waals surface area contributed by atoms with Gasteiger partial charge in [0.05, 0.1) is 28.6 Å². The van der Waals surface area contributed by atoms with E-state index < -0.39 is 21.0 Å². The van der Waals surface area contributed by atoms with Gasteiger partial charge in [-0.15, -0.1) is 10.2 Å². The standard InChI is InChI=1S/C26H33N7O4S/c1-15(2)33-11-10-17-13-21(37-5)20(12-18(17)14-33)29-26-30-25(23(24(27)34)31-32-26)28-19-8-6-7-9-22(19)38(35,36)16(3)4/h6-9,12-13,15-16H,10-11,14H2,1-5H3,(H2,27,34)(H2,28,29,30,32). The van der Waals surface area contributed by atoms with Crippen LogP contribution in [0.3, 0.4) is 0 Å². The second kappa shape index (κ2) is 10.9. The lowest BCUT2D eigenvalue weighted by atomic mass is 9.97. The van der Waals surface area contributed by atoms with E-state index in [-0.39, 0.29) is 28.0 Å². The number of amides is 1. The maximum absolute atomic E-state index is 12.9. The van der Waals surface area contributed by atoms with Crippen LogP contribution < -0.4 is 21.1 Å². The van der Waals surface area contributed by atoms with Gasteiger partial charge in [-0.3, -0.25) is 9.69 Å². The third-order valence-corrected chi connectivity index (χ3v) is 8.74. The van der Waals surface area contributed by atoms with Crippen molar-refractivity contribution >= 4 is 38.9 Å². The van der Waals surface area contributed by atoms with Crippen LogP contribution in [0.5, 0.6) is 5.75 Å². The molecule has 2 aromatic carbocycles. The van der Waals surface area contributed by atoms with Crippen LogP contribution in [0.15, 0.2) is 41.3 Å². The second-order valence-corrected chi connectivity index (χ2v) is 12.1. The van der Waals surface area contributed by atoms with E-state index in [9.17, 15) is 13.2 Å². The van der Waals surface area contributed by atoms with Crippen molar-refractivity contribution in [2.24, 2.45) is 5.73 Å². The zero-order valence-electron chi connectivity index (χ0n) is 22.1. The molecule has 1 aliphatic rings. The molecule has 0 atom stereocenters. The molecule has 4 rings (SSSR count). The fourth-order valence-electron chi connectivity index (χ4n) is 4.27. The lowest BCUT2D eigenvalue weighted by molar-refractivity contribution is 0.0995. The Labute approximate surface area is 222 Å². The molecular weight excluding hydrogens is 506 g/mol. The number of fused-ring (bicyclic) bond motifs is 1. The molecule has 1 amide bonds. The smallest absolute Gasteiger partial charge is 0.273 e. The van der Waals surface area contributed by atoms with E-state index in [0.29, 0.717) is 17.5 Å². The molecule has 12 heteroatoms. The van der Waals surface area contributed by atoms with Crippen molar-refractivity contribution in [1.29, 1.82) is 0 Å². The minimum absolute atomic E-state index is 0.0238. The van der Waals surface area contributed by atoms with Crippen molar-refractivity contribution in [2.45, 2.75) is 56.8 Å². The van der Waals surface area contributed by atoms with E-state index in [1.54, 1.807) is 39.2 Å². The number of para-hydroxylation sites is 1. The van der Waals surface area contributed by atoms with Crippen LogP contribution in [0, 0.1) is 0 Å². The Balaban J connectivity index is 1.71. The monoisotopic (exact) mass is 539 g/mol. The Hall–Kier alpha value is -3.77. The number of sulfone groups is 1. The molecule has 11 nitrogen and oxygen atoms in total. The van der Waals surface area contributed by atoms with Crippen molar-refractivity contribution in [1.82, 2.24) is 20.1 Å². The van der Waals surface area contributed by atoms with Gasteiger partial charge in [-0.1, -0.05) is 12.1 Å². The first-order valence-electron chi connectivity index (χ1n) is 12.4. The molecule has 0 unspecified atom stereocenters. The Bertz CT molecular complexity index is 1460. The fourth-order valence-corrected chi connectivity index (χ4v) is 5.47. The van der Waals surface area contributed by atoms with E-state index >= 15 is 0 Å². The van der Waals surface area contributed by atoms with Crippen molar-refractivity contribution in [3.05, 3.63) is 53.2 Å². The number of benzene rings is 2. The van der Waals surface area contributed by atoms with E-state index in [2.05, 4.69) is 44.6 Å². The first-order valence-corrected chi connectivity index (χ1v) is 13.9. The predicted octanol–water partition coefficient (Wildman–Crippen LogP) is 3.41. The molecule has 4 N–H and O–H groups in total. The highest BCUT2D eigenvalue weighted by Gasteiger charge is 2.25. The van der Waals surface area contributed by atoms with Gasteiger partial charge in [0.25, 0.3) is 5.91 Å². The molecule has 0 saturated heterocycles. The van der Waals surface area contributed by atoms with E-state index in [4.69, 9.17) is 10.5 Å². The molecule has 38 heavy (non-hydrogen) atoms. The molecule has 0 bridgehead atoms. The minimum atomic E-state index is -3.63. The number of methoxy groups -OCH3 is 1. The molecule has 0 radical (unpaired) electrons. The highest BCUT2D eigenvalue weighted by atomic mass is 32.2. The summed E-state index contributed by atoms with van der Waals surface area (Å²) in [6.07, 6.45) is 0.919. The van der Waals surface area contributed by atoms with Crippen LogP contribution in [0.25, 0.3) is 0 Å². The van der Waals surface area contributed by atoms with Gasteiger partial charge in [-0.05, 0) is 69.5 Å². The van der Waals surface area contributed by atoms with Gasteiger partial charge in [0, 0.05) is 19.1 Å². The Kier molecular flexibility index (Phi) is 7.83. The lowest BCUT2D eigenvalue weighted by Gasteiger charge is -2.32. The summed E-state index contributed by atoms with van der Waals surface area (Å²) in [6.45, 7) is 9.33. The average molecular weight is 540 g/mol. The molecular formula is C26H33N7O4S. The van der Waals surface area contributed by atoms with E-state index in [1.807, 2.05) is 12.1 Å². The van der Waals surface area contributed by atoms with Crippen LogP contribution in [0.1, 0.15) is 49.3 Å². The topological polar surface area (TPSA) is 152 Å². The minimum Gasteiger partial charge on any atom is -0.495 e. The number of carbonyl (C=O) groups is 1. The van der Waals surface area contributed by atoms with Crippen LogP contribution in [-0.2, 0) is 22.8 Å². The summed E-state index contributed by atoms with van der Waals surface area (Å²) >= 11 is 0. The van der Waals surface area contributed by atoms with Gasteiger partial charge in [0.15, 0.2) is 21.3 Å². The van der Waals surface area contributed by atoms with Gasteiger partial charge in [-0.2, -0.15) is 4.98 Å². The number of hydrogen-bond acceptors (Lipinski definition) is 10. The van der Waals surface area contributed by atoms with Gasteiger partial charge < -0.3 is 21.1 Å². The number of aromatic nitrogens is 3. The molecule has 202 valence electrons. The first-order chi connectivity index (χ1) is 18.0. The maximum Gasteiger partial charge on any atom is 0.273 e. The van der Waals surface area contributed by atoms with Crippen LogP contribution in [0.2, 0.25) is 0 Å². The summed E-state index contributed by atoms with van der Waals surface area (Å²) in [6, 6.07) is 10.8. The number of primary amides is 1. The third kappa shape index (κ3) is 5.55. The molecule has 0 saturated carbocycles. The SMILES string of the molecule is COc1cc2c(cc1Nc1nnc(C(N)=O)c(Nc3ccccc3S(=O)(=O)C(C)C)n1)CN(C(C)C)CC2. The summed E-state index contributed by atoms with van der Waals surface area (Å²) in [5.74, 6) is -0.184. The molecule has 1 aromatic heterocycles. The first kappa shape index (κ1) is 27.3. The molecule has 2 heterocycles. The van der Waals surface area contributed by atoms with E-state index in [0.717, 1.165) is 19.5 Å². The van der Waals surface area contributed by atoms with Crippen molar-refractivity contribution in [2.75, 3.05) is 24.3 Å². The summed E-state index contributed by atoms with van der Waals surface area (Å²) in [7, 11) is -2.04. The average Bonchev–Trinajstić information content (AvgIpc) is 2.88. The van der Waals surface area contributed by atoms with Crippen LogP contribution in [-0.4, -0.2) is 59.4 Å². The lowest BCUT2D eigenvalue weighted by Crippen LogP contribution is -2.35. The zero-order valence-corrected chi connectivity index (χ0v) is 23.0. The molecule has 0 fully saturated rings. The second-order valence-electron chi connectivity index (χ2n) is 9.67. The number of hydrogen-bond donors (Lipinski definition) is 3. The highest BCUT2D eigenvalue weighted by Crippen LogP contribution is 2.34. The van der Waals surface area contributed by atoms with E-state index in [1.165, 1.54) is 17.2 Å². The third-order valence-electron chi connectivity index (χ3n) is 6.53. The Morgan fingerprint density at radius 2 is 1.79 bits per heavy atom. The maximum atomic E-state index is 12.9. The predicted molar refractivity (Wildman–Crippen MR) is 146 cm³/mol. The number of ether oxygens (including phenoxy) is 1. The normalized spacial score (nSPS) is 13.9. The highest BCUT2D eigenvalue weighted by molar-refractivity contribution is 7.92. The molecule has 0 spiro atoms.